The molecule has 0 atom stereocenters. The Morgan fingerprint density at radius 1 is 1.17 bits per heavy atom. The van der Waals surface area contributed by atoms with Gasteiger partial charge in [-0.3, -0.25) is 0 Å². The molecule has 0 saturated carbocycles. The molecule has 0 amide bonds. The second kappa shape index (κ2) is 8.34. The van der Waals surface area contributed by atoms with Gasteiger partial charge in [0.2, 0.25) is 11.9 Å². The maximum Gasteiger partial charge on any atom is 0.433 e. The molecule has 0 aliphatic carbocycles. The Morgan fingerprint density at radius 2 is 1.93 bits per heavy atom. The summed E-state index contributed by atoms with van der Waals surface area (Å²) in [5.74, 6) is -1.06. The lowest BCUT2D eigenvalue weighted by molar-refractivity contribution is -0.141. The van der Waals surface area contributed by atoms with Gasteiger partial charge in [0.25, 0.3) is 0 Å². The first-order valence-electron chi connectivity index (χ1n) is 8.11. The fourth-order valence-corrected chi connectivity index (χ4v) is 2.60. The minimum Gasteiger partial charge on any atom is -0.245 e. The Hall–Kier alpha value is -2.72. The number of rotatable bonds is 5. The third kappa shape index (κ3) is 4.83. The number of nitrogens with one attached hydrogen (secondary N) is 1. The second-order valence-electron chi connectivity index (χ2n) is 5.67. The number of aromatic nitrogens is 4. The fourth-order valence-electron chi connectivity index (χ4n) is 2.30. The van der Waals surface area contributed by atoms with Gasteiger partial charge in [0.05, 0.1) is 33.7 Å². The van der Waals surface area contributed by atoms with E-state index in [1.54, 1.807) is 6.92 Å². The normalized spacial score (nSPS) is 12.0. The zero-order valence-electron chi connectivity index (χ0n) is 14.7. The predicted molar refractivity (Wildman–Crippen MR) is 102 cm³/mol. The van der Waals surface area contributed by atoms with E-state index in [0.29, 0.717) is 12.1 Å². The van der Waals surface area contributed by atoms with E-state index in [0.717, 1.165) is 17.0 Å². The molecule has 152 valence electrons. The smallest absolute Gasteiger partial charge is 0.245 e. The number of alkyl halides is 3. The third-order valence-electron chi connectivity index (χ3n) is 3.70. The Balaban J connectivity index is 1.94. The first-order chi connectivity index (χ1) is 13.7. The van der Waals surface area contributed by atoms with Crippen molar-refractivity contribution in [2.75, 3.05) is 5.43 Å². The monoisotopic (exact) mass is 446 g/mol. The second-order valence-corrected chi connectivity index (χ2v) is 6.48. The van der Waals surface area contributed by atoms with E-state index in [1.165, 1.54) is 24.4 Å². The van der Waals surface area contributed by atoms with Crippen molar-refractivity contribution >= 4 is 35.4 Å². The molecule has 0 fully saturated rings. The molecule has 6 nitrogen and oxygen atoms in total. The van der Waals surface area contributed by atoms with E-state index in [1.807, 2.05) is 0 Å². The van der Waals surface area contributed by atoms with Gasteiger partial charge in [-0.1, -0.05) is 29.3 Å². The number of aryl methyl sites for hydroxylation is 1. The first kappa shape index (κ1) is 21.0. The van der Waals surface area contributed by atoms with Crippen LogP contribution in [0.3, 0.4) is 0 Å². The summed E-state index contributed by atoms with van der Waals surface area (Å²) in [4.78, 5) is 7.42. The number of hydrogen-bond acceptors (Lipinski definition) is 5. The molecule has 0 saturated heterocycles. The Labute approximate surface area is 172 Å². The summed E-state index contributed by atoms with van der Waals surface area (Å²) in [5, 5.41) is 7.90. The highest BCUT2D eigenvalue weighted by Gasteiger charge is 2.34. The van der Waals surface area contributed by atoms with Gasteiger partial charge in [-0.2, -0.15) is 27.8 Å². The number of hydrazone groups is 1. The average molecular weight is 447 g/mol. The quantitative estimate of drug-likeness (QED) is 0.329. The molecule has 2 heterocycles. The van der Waals surface area contributed by atoms with Crippen LogP contribution in [0.5, 0.6) is 0 Å². The molecule has 0 unspecified atom stereocenters. The van der Waals surface area contributed by atoms with Crippen molar-refractivity contribution in [3.05, 3.63) is 57.7 Å². The largest absolute Gasteiger partial charge is 0.433 e. The Bertz CT molecular complexity index is 1060. The molecule has 0 bridgehead atoms. The van der Waals surface area contributed by atoms with Crippen LogP contribution in [0.1, 0.15) is 18.2 Å². The summed E-state index contributed by atoms with van der Waals surface area (Å²) >= 11 is 11.8. The highest BCUT2D eigenvalue weighted by molar-refractivity contribution is 6.42. The number of halogens is 6. The molecule has 1 N–H and O–H groups in total. The topological polar surface area (TPSA) is 68.0 Å². The van der Waals surface area contributed by atoms with Crippen LogP contribution < -0.4 is 5.43 Å². The van der Waals surface area contributed by atoms with Crippen molar-refractivity contribution in [2.24, 2.45) is 5.10 Å². The molecule has 3 rings (SSSR count). The first-order valence-corrected chi connectivity index (χ1v) is 8.86. The van der Waals surface area contributed by atoms with Gasteiger partial charge in [0, 0.05) is 12.1 Å². The molecule has 2 aromatic heterocycles. The predicted octanol–water partition coefficient (Wildman–Crippen LogP) is 5.27. The number of hydrogen-bond donors (Lipinski definition) is 1. The van der Waals surface area contributed by atoms with Crippen LogP contribution in [0.15, 0.2) is 35.6 Å². The van der Waals surface area contributed by atoms with Crippen molar-refractivity contribution in [1.82, 2.24) is 19.7 Å². The van der Waals surface area contributed by atoms with Crippen LogP contribution in [0.25, 0.3) is 11.3 Å². The van der Waals surface area contributed by atoms with Crippen LogP contribution in [0.4, 0.5) is 23.5 Å². The average Bonchev–Trinajstić information content (AvgIpc) is 3.03. The van der Waals surface area contributed by atoms with Gasteiger partial charge in [-0.15, -0.1) is 0 Å². The zero-order chi connectivity index (χ0) is 21.2. The SMILES string of the molecule is CCn1ncc(C=NNc2nc(-c3ccc(Cl)c(Cl)c3)cc(C(F)(F)F)n2)c1F. The molecule has 12 heteroatoms. The zero-order valence-corrected chi connectivity index (χ0v) is 16.2. The van der Waals surface area contributed by atoms with Crippen LogP contribution in [-0.4, -0.2) is 26.0 Å². The molecule has 0 aliphatic rings. The summed E-state index contributed by atoms with van der Waals surface area (Å²) in [7, 11) is 0. The van der Waals surface area contributed by atoms with E-state index in [-0.39, 0.29) is 21.3 Å². The molecule has 0 aliphatic heterocycles. The van der Waals surface area contributed by atoms with Gasteiger partial charge < -0.3 is 0 Å². The minimum atomic E-state index is -4.72. The van der Waals surface area contributed by atoms with Crippen LogP contribution in [-0.2, 0) is 12.7 Å². The summed E-state index contributed by atoms with van der Waals surface area (Å²) in [6.07, 6.45) is -2.42. The van der Waals surface area contributed by atoms with Gasteiger partial charge in [0.15, 0.2) is 5.69 Å². The van der Waals surface area contributed by atoms with Crippen molar-refractivity contribution in [3.63, 3.8) is 0 Å². The lowest BCUT2D eigenvalue weighted by atomic mass is 10.1. The maximum absolute atomic E-state index is 13.9. The molecule has 1 aromatic carbocycles. The summed E-state index contributed by atoms with van der Waals surface area (Å²) in [5.41, 5.74) is 1.40. The van der Waals surface area contributed by atoms with Crippen molar-refractivity contribution in [3.8, 4) is 11.3 Å². The van der Waals surface area contributed by atoms with Gasteiger partial charge in [-0.25, -0.2) is 20.1 Å². The Morgan fingerprint density at radius 3 is 2.55 bits per heavy atom. The van der Waals surface area contributed by atoms with Gasteiger partial charge in [0.1, 0.15) is 0 Å². The lowest BCUT2D eigenvalue weighted by Gasteiger charge is -2.10. The van der Waals surface area contributed by atoms with Crippen LogP contribution in [0, 0.1) is 5.95 Å². The fraction of sp³-hybridized carbons (Fsp3) is 0.176. The highest BCUT2D eigenvalue weighted by Crippen LogP contribution is 2.33. The minimum absolute atomic E-state index is 0.0476. The van der Waals surface area contributed by atoms with Gasteiger partial charge in [-0.05, 0) is 25.1 Å². The van der Waals surface area contributed by atoms with Crippen molar-refractivity contribution < 1.29 is 17.6 Å². The number of benzene rings is 1. The molecule has 3 aromatic rings. The Kier molecular flexibility index (Phi) is 6.04. The van der Waals surface area contributed by atoms with Crippen LogP contribution in [0.2, 0.25) is 10.0 Å². The molecular formula is C17H12Cl2F4N6. The third-order valence-corrected chi connectivity index (χ3v) is 4.44. The molecular weight excluding hydrogens is 435 g/mol. The van der Waals surface area contributed by atoms with Crippen molar-refractivity contribution in [2.45, 2.75) is 19.6 Å². The summed E-state index contributed by atoms with van der Waals surface area (Å²) in [6, 6.07) is 5.07. The van der Waals surface area contributed by atoms with Crippen LogP contribution >= 0.6 is 23.2 Å². The van der Waals surface area contributed by atoms with E-state index in [2.05, 4.69) is 25.6 Å². The summed E-state index contributed by atoms with van der Waals surface area (Å²) < 4.78 is 54.7. The van der Waals surface area contributed by atoms with E-state index >= 15 is 0 Å². The molecule has 0 radical (unpaired) electrons. The lowest BCUT2D eigenvalue weighted by Crippen LogP contribution is -2.11. The molecule has 0 spiro atoms. The van der Waals surface area contributed by atoms with E-state index < -0.39 is 23.8 Å². The van der Waals surface area contributed by atoms with Gasteiger partial charge >= 0.3 is 6.18 Å². The number of anilines is 1. The maximum atomic E-state index is 13.9. The van der Waals surface area contributed by atoms with E-state index in [4.69, 9.17) is 23.2 Å². The summed E-state index contributed by atoms with van der Waals surface area (Å²) in [6.45, 7) is 2.02. The number of nitrogens with zero attached hydrogens (tertiary/aromatic N) is 5. The molecule has 29 heavy (non-hydrogen) atoms. The standard InChI is InChI=1S/C17H12Cl2F4N6/c1-2-29-15(20)10(8-25-29)7-24-28-16-26-13(6-14(27-16)17(21,22)23)9-3-4-11(18)12(19)5-9/h3-8H,2H2,1H3,(H,26,27,28). The van der Waals surface area contributed by atoms with Crippen molar-refractivity contribution in [1.29, 1.82) is 0 Å². The van der Waals surface area contributed by atoms with E-state index in [9.17, 15) is 17.6 Å². The highest BCUT2D eigenvalue weighted by atomic mass is 35.5.